The molecule has 82 valence electrons. The lowest BCUT2D eigenvalue weighted by Crippen LogP contribution is -1.90. The molecule has 0 aliphatic heterocycles. The number of rotatable bonds is 2. The van der Waals surface area contributed by atoms with Crippen LogP contribution in [0.15, 0.2) is 35.2 Å². The van der Waals surface area contributed by atoms with Crippen molar-refractivity contribution in [3.63, 3.8) is 0 Å². The van der Waals surface area contributed by atoms with Gasteiger partial charge < -0.3 is 4.74 Å². The Morgan fingerprint density at radius 3 is 2.88 bits per heavy atom. The maximum atomic E-state index is 13.0. The number of ether oxygens (including phenoxy) is 1. The minimum Gasteiger partial charge on any atom is -0.437 e. The zero-order chi connectivity index (χ0) is 11.5. The van der Waals surface area contributed by atoms with Crippen molar-refractivity contribution in [2.75, 3.05) is 0 Å². The second-order valence-electron chi connectivity index (χ2n) is 2.85. The molecular formula is C10H5BrClFN2O. The number of aromatic nitrogens is 2. The Balaban J connectivity index is 2.28. The summed E-state index contributed by atoms with van der Waals surface area (Å²) < 4.78 is 18.6. The molecule has 0 aliphatic rings. The van der Waals surface area contributed by atoms with Gasteiger partial charge in [0.2, 0.25) is 5.88 Å². The van der Waals surface area contributed by atoms with Crippen LogP contribution in [-0.4, -0.2) is 9.97 Å². The summed E-state index contributed by atoms with van der Waals surface area (Å²) >= 11 is 8.87. The van der Waals surface area contributed by atoms with Crippen molar-refractivity contribution in [1.82, 2.24) is 9.97 Å². The second-order valence-corrected chi connectivity index (χ2v) is 4.12. The van der Waals surface area contributed by atoms with Crippen molar-refractivity contribution in [1.29, 1.82) is 0 Å². The van der Waals surface area contributed by atoms with E-state index in [1.165, 1.54) is 30.7 Å². The fourth-order valence-corrected chi connectivity index (χ4v) is 1.53. The van der Waals surface area contributed by atoms with Gasteiger partial charge in [0.25, 0.3) is 0 Å². The molecule has 0 spiro atoms. The molecule has 16 heavy (non-hydrogen) atoms. The molecule has 0 aliphatic carbocycles. The molecule has 2 aromatic rings. The van der Waals surface area contributed by atoms with Crippen LogP contribution in [0.3, 0.4) is 0 Å². The molecule has 0 radical (unpaired) electrons. The first-order valence-electron chi connectivity index (χ1n) is 4.25. The molecule has 1 aromatic carbocycles. The molecule has 1 aromatic heterocycles. The smallest absolute Gasteiger partial charge is 0.241 e. The highest BCUT2D eigenvalue weighted by Crippen LogP contribution is 2.28. The van der Waals surface area contributed by atoms with Crippen LogP contribution in [0.1, 0.15) is 0 Å². The number of halogens is 3. The third-order valence-corrected chi connectivity index (χ3v) is 2.61. The van der Waals surface area contributed by atoms with Crippen LogP contribution < -0.4 is 4.74 Å². The van der Waals surface area contributed by atoms with Crippen molar-refractivity contribution in [2.24, 2.45) is 0 Å². The van der Waals surface area contributed by atoms with E-state index in [0.29, 0.717) is 15.2 Å². The molecule has 3 nitrogen and oxygen atoms in total. The van der Waals surface area contributed by atoms with E-state index in [4.69, 9.17) is 16.3 Å². The third kappa shape index (κ3) is 2.48. The number of nitrogens with zero attached hydrogens (tertiary/aromatic N) is 2. The average molecular weight is 304 g/mol. The van der Waals surface area contributed by atoms with E-state index in [9.17, 15) is 4.39 Å². The lowest BCUT2D eigenvalue weighted by Gasteiger charge is -2.05. The SMILES string of the molecule is Fc1ccc(Oc2ncncc2Cl)cc1Br. The highest BCUT2D eigenvalue weighted by Gasteiger charge is 2.06. The van der Waals surface area contributed by atoms with Crippen molar-refractivity contribution in [3.8, 4) is 11.6 Å². The molecule has 0 amide bonds. The fraction of sp³-hybridized carbons (Fsp3) is 0. The highest BCUT2D eigenvalue weighted by molar-refractivity contribution is 9.10. The molecule has 1 heterocycles. The quantitative estimate of drug-likeness (QED) is 0.846. The summed E-state index contributed by atoms with van der Waals surface area (Å²) in [5.41, 5.74) is 0. The van der Waals surface area contributed by atoms with Crippen molar-refractivity contribution in [2.45, 2.75) is 0 Å². The van der Waals surface area contributed by atoms with Crippen LogP contribution in [0.2, 0.25) is 5.02 Å². The van der Waals surface area contributed by atoms with Crippen LogP contribution in [0.4, 0.5) is 4.39 Å². The molecule has 2 rings (SSSR count). The van der Waals surface area contributed by atoms with Gasteiger partial charge in [0, 0.05) is 0 Å². The largest absolute Gasteiger partial charge is 0.437 e. The van der Waals surface area contributed by atoms with E-state index in [0.717, 1.165) is 0 Å². The summed E-state index contributed by atoms with van der Waals surface area (Å²) in [6, 6.07) is 4.26. The Bertz CT molecular complexity index is 524. The Labute approximate surface area is 104 Å². The molecule has 0 N–H and O–H groups in total. The predicted octanol–water partition coefficient (Wildman–Crippen LogP) is 3.82. The van der Waals surface area contributed by atoms with Gasteiger partial charge in [-0.2, -0.15) is 0 Å². The van der Waals surface area contributed by atoms with Crippen LogP contribution in [0, 0.1) is 5.82 Å². The van der Waals surface area contributed by atoms with E-state index in [-0.39, 0.29) is 11.7 Å². The van der Waals surface area contributed by atoms with Gasteiger partial charge in [0.05, 0.1) is 10.7 Å². The maximum Gasteiger partial charge on any atom is 0.241 e. The molecule has 0 saturated heterocycles. The average Bonchev–Trinajstić information content (AvgIpc) is 2.27. The Kier molecular flexibility index (Phi) is 3.36. The minimum atomic E-state index is -0.360. The Morgan fingerprint density at radius 1 is 1.38 bits per heavy atom. The van der Waals surface area contributed by atoms with E-state index >= 15 is 0 Å². The van der Waals surface area contributed by atoms with Crippen molar-refractivity contribution in [3.05, 3.63) is 46.0 Å². The molecule has 0 fully saturated rings. The van der Waals surface area contributed by atoms with Crippen molar-refractivity contribution >= 4 is 27.5 Å². The first-order chi connectivity index (χ1) is 7.66. The van der Waals surface area contributed by atoms with E-state index < -0.39 is 0 Å². The summed E-state index contributed by atoms with van der Waals surface area (Å²) in [5.74, 6) is 0.310. The first kappa shape index (κ1) is 11.3. The molecular weight excluding hydrogens is 298 g/mol. The van der Waals surface area contributed by atoms with Gasteiger partial charge in [0.1, 0.15) is 22.9 Å². The second kappa shape index (κ2) is 4.76. The van der Waals surface area contributed by atoms with Crippen molar-refractivity contribution < 1.29 is 9.13 Å². The van der Waals surface area contributed by atoms with Gasteiger partial charge in [-0.3, -0.25) is 0 Å². The monoisotopic (exact) mass is 302 g/mol. The molecule has 0 unspecified atom stereocenters. The van der Waals surface area contributed by atoms with Gasteiger partial charge >= 0.3 is 0 Å². The number of hydrogen-bond donors (Lipinski definition) is 0. The highest BCUT2D eigenvalue weighted by atomic mass is 79.9. The lowest BCUT2D eigenvalue weighted by atomic mass is 10.3. The van der Waals surface area contributed by atoms with Crippen LogP contribution in [0.25, 0.3) is 0 Å². The number of benzene rings is 1. The van der Waals surface area contributed by atoms with E-state index in [1.54, 1.807) is 0 Å². The van der Waals surface area contributed by atoms with Gasteiger partial charge in [0.15, 0.2) is 0 Å². The number of hydrogen-bond acceptors (Lipinski definition) is 3. The van der Waals surface area contributed by atoms with E-state index in [2.05, 4.69) is 25.9 Å². The summed E-state index contributed by atoms with van der Waals surface area (Å²) in [6.07, 6.45) is 2.74. The molecule has 6 heteroatoms. The summed E-state index contributed by atoms with van der Waals surface area (Å²) in [7, 11) is 0. The molecule has 0 saturated carbocycles. The Hall–Kier alpha value is -1.20. The third-order valence-electron chi connectivity index (χ3n) is 1.74. The minimum absolute atomic E-state index is 0.232. The van der Waals surface area contributed by atoms with Gasteiger partial charge in [-0.15, -0.1) is 0 Å². The van der Waals surface area contributed by atoms with Crippen LogP contribution >= 0.6 is 27.5 Å². The lowest BCUT2D eigenvalue weighted by molar-refractivity contribution is 0.459. The van der Waals surface area contributed by atoms with Crippen LogP contribution in [0.5, 0.6) is 11.6 Å². The molecule has 0 atom stereocenters. The van der Waals surface area contributed by atoms with E-state index in [1.807, 2.05) is 0 Å². The summed E-state index contributed by atoms with van der Waals surface area (Å²) in [6.45, 7) is 0. The normalized spacial score (nSPS) is 10.2. The maximum absolute atomic E-state index is 13.0. The van der Waals surface area contributed by atoms with Gasteiger partial charge in [-0.1, -0.05) is 11.6 Å². The fourth-order valence-electron chi connectivity index (χ4n) is 1.03. The van der Waals surface area contributed by atoms with Crippen LogP contribution in [-0.2, 0) is 0 Å². The Morgan fingerprint density at radius 2 is 2.19 bits per heavy atom. The summed E-state index contributed by atoms with van der Waals surface area (Å²) in [4.78, 5) is 7.58. The summed E-state index contributed by atoms with van der Waals surface area (Å²) in [5, 5.41) is 0.294. The first-order valence-corrected chi connectivity index (χ1v) is 5.42. The standard InChI is InChI=1S/C10H5BrClFN2O/c11-7-3-6(1-2-9(7)13)16-10-8(12)4-14-5-15-10/h1-5H. The van der Waals surface area contributed by atoms with Gasteiger partial charge in [-0.25, -0.2) is 14.4 Å². The zero-order valence-corrected chi connectivity index (χ0v) is 10.2. The topological polar surface area (TPSA) is 35.0 Å². The van der Waals surface area contributed by atoms with Gasteiger partial charge in [-0.05, 0) is 34.1 Å². The predicted molar refractivity (Wildman–Crippen MR) is 61.2 cm³/mol. The zero-order valence-electron chi connectivity index (χ0n) is 7.82. The molecule has 0 bridgehead atoms.